The van der Waals surface area contributed by atoms with Crippen molar-refractivity contribution < 1.29 is 4.42 Å². The van der Waals surface area contributed by atoms with Crippen molar-refractivity contribution in [1.82, 2.24) is 4.98 Å². The van der Waals surface area contributed by atoms with Crippen molar-refractivity contribution in [3.05, 3.63) is 11.6 Å². The lowest BCUT2D eigenvalue weighted by Gasteiger charge is -1.73. The standard InChI is InChI=1S/C5H4N2OS/c6-4-1-3-5(8-4)7-2-9-3/h1-2H,6H2. The van der Waals surface area contributed by atoms with E-state index in [2.05, 4.69) is 4.98 Å². The number of hydrogen-bond acceptors (Lipinski definition) is 4. The number of aromatic nitrogens is 1. The Morgan fingerprint density at radius 3 is 3.33 bits per heavy atom. The van der Waals surface area contributed by atoms with Crippen LogP contribution in [0.1, 0.15) is 0 Å². The Kier molecular flexibility index (Phi) is 0.790. The van der Waals surface area contributed by atoms with E-state index in [4.69, 9.17) is 10.2 Å². The van der Waals surface area contributed by atoms with Crippen LogP contribution in [0.4, 0.5) is 5.88 Å². The molecule has 0 saturated carbocycles. The van der Waals surface area contributed by atoms with E-state index in [1.54, 1.807) is 11.6 Å². The summed E-state index contributed by atoms with van der Waals surface area (Å²) in [5.74, 6) is 0.435. The first-order valence-corrected chi connectivity index (χ1v) is 3.33. The zero-order chi connectivity index (χ0) is 6.27. The summed E-state index contributed by atoms with van der Waals surface area (Å²) in [6.07, 6.45) is 0. The number of rotatable bonds is 0. The fourth-order valence-corrected chi connectivity index (χ4v) is 1.33. The first-order valence-electron chi connectivity index (χ1n) is 2.45. The Morgan fingerprint density at radius 2 is 2.56 bits per heavy atom. The number of anilines is 1. The molecule has 2 aromatic heterocycles. The average Bonchev–Trinajstić information content (AvgIpc) is 2.22. The molecule has 0 radical (unpaired) electrons. The van der Waals surface area contributed by atoms with Crippen molar-refractivity contribution in [2.45, 2.75) is 0 Å². The van der Waals surface area contributed by atoms with E-state index in [1.165, 1.54) is 11.3 Å². The van der Waals surface area contributed by atoms with Gasteiger partial charge in [0.25, 0.3) is 0 Å². The summed E-state index contributed by atoms with van der Waals surface area (Å²) in [4.78, 5) is 3.91. The SMILES string of the molecule is Nc1cc2scnc2o1. The Labute approximate surface area is 55.1 Å². The van der Waals surface area contributed by atoms with E-state index in [0.717, 1.165) is 4.70 Å². The number of hydrogen-bond donors (Lipinski definition) is 1. The number of fused-ring (bicyclic) bond motifs is 1. The van der Waals surface area contributed by atoms with Crippen molar-refractivity contribution in [2.75, 3.05) is 5.73 Å². The number of nitrogens with two attached hydrogens (primary N) is 1. The van der Waals surface area contributed by atoms with Crippen LogP contribution in [0.15, 0.2) is 16.0 Å². The molecule has 46 valence electrons. The maximum atomic E-state index is 5.34. The van der Waals surface area contributed by atoms with Crippen LogP contribution >= 0.6 is 11.3 Å². The van der Waals surface area contributed by atoms with Crippen LogP contribution in [0, 0.1) is 0 Å². The molecule has 2 heterocycles. The Hall–Kier alpha value is -1.03. The van der Waals surface area contributed by atoms with Crippen molar-refractivity contribution >= 4 is 27.6 Å². The first kappa shape index (κ1) is 4.81. The van der Waals surface area contributed by atoms with E-state index in [1.807, 2.05) is 0 Å². The lowest BCUT2D eigenvalue weighted by atomic mass is 10.6. The minimum atomic E-state index is 0.435. The minimum Gasteiger partial charge on any atom is -0.422 e. The molecule has 4 heteroatoms. The summed E-state index contributed by atoms with van der Waals surface area (Å²) < 4.78 is 5.99. The van der Waals surface area contributed by atoms with Gasteiger partial charge in [0.2, 0.25) is 5.71 Å². The lowest BCUT2D eigenvalue weighted by Crippen LogP contribution is -1.75. The van der Waals surface area contributed by atoms with Crippen molar-refractivity contribution in [3.63, 3.8) is 0 Å². The summed E-state index contributed by atoms with van der Waals surface area (Å²) >= 11 is 1.52. The fourth-order valence-electron chi connectivity index (χ4n) is 0.688. The summed E-state index contributed by atoms with van der Waals surface area (Å²) in [6, 6.07) is 1.77. The molecule has 0 aliphatic rings. The molecule has 0 spiro atoms. The molecule has 2 rings (SSSR count). The highest BCUT2D eigenvalue weighted by Gasteiger charge is 2.00. The molecule has 0 bridgehead atoms. The number of nitrogen functional groups attached to an aromatic ring is 1. The Balaban J connectivity index is 2.92. The third kappa shape index (κ3) is 0.598. The second kappa shape index (κ2) is 1.48. The van der Waals surface area contributed by atoms with E-state index >= 15 is 0 Å². The number of thiazole rings is 1. The van der Waals surface area contributed by atoms with Gasteiger partial charge in [-0.25, -0.2) is 4.98 Å². The molecular weight excluding hydrogens is 136 g/mol. The second-order valence-electron chi connectivity index (χ2n) is 1.67. The molecule has 0 amide bonds. The van der Waals surface area contributed by atoms with Gasteiger partial charge in [0.15, 0.2) is 5.88 Å². The van der Waals surface area contributed by atoms with Gasteiger partial charge in [-0.05, 0) is 0 Å². The van der Waals surface area contributed by atoms with E-state index < -0.39 is 0 Å². The van der Waals surface area contributed by atoms with Gasteiger partial charge in [0.1, 0.15) is 0 Å². The molecule has 0 fully saturated rings. The van der Waals surface area contributed by atoms with Crippen molar-refractivity contribution in [1.29, 1.82) is 0 Å². The molecule has 9 heavy (non-hydrogen) atoms. The lowest BCUT2D eigenvalue weighted by molar-refractivity contribution is 0.625. The van der Waals surface area contributed by atoms with Crippen LogP contribution in [-0.4, -0.2) is 4.98 Å². The van der Waals surface area contributed by atoms with E-state index in [0.29, 0.717) is 11.6 Å². The topological polar surface area (TPSA) is 52.0 Å². The summed E-state index contributed by atoms with van der Waals surface area (Å²) in [7, 11) is 0. The quantitative estimate of drug-likeness (QED) is 0.602. The molecule has 0 aliphatic heterocycles. The summed E-state index contributed by atoms with van der Waals surface area (Å²) in [6.45, 7) is 0. The zero-order valence-corrected chi connectivity index (χ0v) is 5.31. The third-order valence-electron chi connectivity index (χ3n) is 1.05. The highest BCUT2D eigenvalue weighted by molar-refractivity contribution is 7.16. The van der Waals surface area contributed by atoms with Crippen molar-refractivity contribution in [2.24, 2.45) is 0 Å². The number of nitrogens with zero attached hydrogens (tertiary/aromatic N) is 1. The maximum Gasteiger partial charge on any atom is 0.239 e. The van der Waals surface area contributed by atoms with Gasteiger partial charge in [0.05, 0.1) is 10.2 Å². The van der Waals surface area contributed by atoms with Gasteiger partial charge < -0.3 is 10.2 Å². The van der Waals surface area contributed by atoms with Gasteiger partial charge in [-0.2, -0.15) is 0 Å². The van der Waals surface area contributed by atoms with Crippen LogP contribution in [0.25, 0.3) is 10.4 Å². The maximum absolute atomic E-state index is 5.34. The zero-order valence-electron chi connectivity index (χ0n) is 4.50. The van der Waals surface area contributed by atoms with Gasteiger partial charge in [-0.1, -0.05) is 0 Å². The molecule has 2 aromatic rings. The smallest absolute Gasteiger partial charge is 0.239 e. The second-order valence-corrected chi connectivity index (χ2v) is 2.56. The fraction of sp³-hybridized carbons (Fsp3) is 0. The predicted molar refractivity (Wildman–Crippen MR) is 36.3 cm³/mol. The molecule has 0 atom stereocenters. The van der Waals surface area contributed by atoms with Crippen LogP contribution in [0.5, 0.6) is 0 Å². The largest absolute Gasteiger partial charge is 0.422 e. The molecular formula is C5H4N2OS. The third-order valence-corrected chi connectivity index (χ3v) is 1.81. The van der Waals surface area contributed by atoms with Gasteiger partial charge in [0, 0.05) is 6.07 Å². The molecule has 0 aliphatic carbocycles. The van der Waals surface area contributed by atoms with E-state index in [-0.39, 0.29) is 0 Å². The first-order chi connectivity index (χ1) is 4.36. The monoisotopic (exact) mass is 140 g/mol. The molecule has 3 nitrogen and oxygen atoms in total. The van der Waals surface area contributed by atoms with Gasteiger partial charge in [-0.15, -0.1) is 11.3 Å². The normalized spacial score (nSPS) is 10.7. The highest BCUT2D eigenvalue weighted by Crippen LogP contribution is 2.22. The van der Waals surface area contributed by atoms with Crippen molar-refractivity contribution in [3.8, 4) is 0 Å². The highest BCUT2D eigenvalue weighted by atomic mass is 32.1. The minimum absolute atomic E-state index is 0.435. The molecule has 0 unspecified atom stereocenters. The summed E-state index contributed by atoms with van der Waals surface area (Å²) in [5, 5.41) is 0. The summed E-state index contributed by atoms with van der Waals surface area (Å²) in [5.41, 5.74) is 7.70. The van der Waals surface area contributed by atoms with E-state index in [9.17, 15) is 0 Å². The van der Waals surface area contributed by atoms with Crippen LogP contribution in [-0.2, 0) is 0 Å². The predicted octanol–water partition coefficient (Wildman–Crippen LogP) is 1.47. The Bertz CT molecular complexity index is 296. The molecule has 0 saturated heterocycles. The average molecular weight is 140 g/mol. The molecule has 2 N–H and O–H groups in total. The van der Waals surface area contributed by atoms with Crippen LogP contribution < -0.4 is 5.73 Å². The van der Waals surface area contributed by atoms with Crippen LogP contribution in [0.2, 0.25) is 0 Å². The van der Waals surface area contributed by atoms with Crippen LogP contribution in [0.3, 0.4) is 0 Å². The number of furan rings is 1. The molecule has 0 aromatic carbocycles. The Morgan fingerprint density at radius 1 is 1.67 bits per heavy atom. The van der Waals surface area contributed by atoms with Gasteiger partial charge in [-0.3, -0.25) is 0 Å². The van der Waals surface area contributed by atoms with Gasteiger partial charge >= 0.3 is 0 Å².